The number of ether oxygens (including phenoxy) is 1. The van der Waals surface area contributed by atoms with Crippen LogP contribution in [0.4, 0.5) is 5.69 Å². The van der Waals surface area contributed by atoms with Gasteiger partial charge in [0, 0.05) is 17.1 Å². The number of aryl methyl sites for hydroxylation is 1. The SMILES string of the molecule is COc1csc(C(=O)N(CC(=O)O)c2ccc(C)cc2)c1. The molecule has 6 heteroatoms. The number of hydrogen-bond acceptors (Lipinski definition) is 4. The number of thiophene rings is 1. The van der Waals surface area contributed by atoms with Crippen LogP contribution in [0.15, 0.2) is 35.7 Å². The summed E-state index contributed by atoms with van der Waals surface area (Å²) >= 11 is 1.23. The van der Waals surface area contributed by atoms with Crippen LogP contribution < -0.4 is 9.64 Å². The van der Waals surface area contributed by atoms with Gasteiger partial charge in [-0.1, -0.05) is 17.7 Å². The highest BCUT2D eigenvalue weighted by Crippen LogP contribution is 2.25. The van der Waals surface area contributed by atoms with Gasteiger partial charge < -0.3 is 9.84 Å². The van der Waals surface area contributed by atoms with Crippen molar-refractivity contribution in [2.24, 2.45) is 0 Å². The first-order valence-corrected chi connectivity index (χ1v) is 7.12. The fourth-order valence-corrected chi connectivity index (χ4v) is 2.61. The number of amides is 1. The average Bonchev–Trinajstić information content (AvgIpc) is 2.94. The molecule has 0 bridgehead atoms. The number of carboxylic acid groups (broad SMARTS) is 1. The van der Waals surface area contributed by atoms with Crippen LogP contribution in [0.2, 0.25) is 0 Å². The van der Waals surface area contributed by atoms with Crippen molar-refractivity contribution in [3.63, 3.8) is 0 Å². The fourth-order valence-electron chi connectivity index (χ4n) is 1.81. The van der Waals surface area contributed by atoms with Gasteiger partial charge in [0.2, 0.25) is 0 Å². The normalized spacial score (nSPS) is 10.2. The van der Waals surface area contributed by atoms with Crippen molar-refractivity contribution >= 4 is 28.9 Å². The summed E-state index contributed by atoms with van der Waals surface area (Å²) in [7, 11) is 1.52. The Labute approximate surface area is 126 Å². The molecular weight excluding hydrogens is 290 g/mol. The van der Waals surface area contributed by atoms with Crippen LogP contribution in [-0.2, 0) is 4.79 Å². The molecule has 0 atom stereocenters. The second kappa shape index (κ2) is 6.41. The van der Waals surface area contributed by atoms with E-state index in [2.05, 4.69) is 0 Å². The molecule has 1 aromatic heterocycles. The number of rotatable bonds is 5. The van der Waals surface area contributed by atoms with Gasteiger partial charge in [0.05, 0.1) is 12.0 Å². The van der Waals surface area contributed by atoms with Gasteiger partial charge >= 0.3 is 5.97 Å². The van der Waals surface area contributed by atoms with E-state index in [1.54, 1.807) is 23.6 Å². The quantitative estimate of drug-likeness (QED) is 0.922. The predicted molar refractivity (Wildman–Crippen MR) is 81.4 cm³/mol. The molecule has 0 saturated carbocycles. The summed E-state index contributed by atoms with van der Waals surface area (Å²) in [6.45, 7) is 1.54. The Morgan fingerprint density at radius 1 is 1.29 bits per heavy atom. The highest BCUT2D eigenvalue weighted by atomic mass is 32.1. The van der Waals surface area contributed by atoms with Crippen molar-refractivity contribution in [3.05, 3.63) is 46.2 Å². The first-order chi connectivity index (χ1) is 10.0. The van der Waals surface area contributed by atoms with E-state index < -0.39 is 5.97 Å². The molecule has 2 rings (SSSR count). The Balaban J connectivity index is 2.32. The van der Waals surface area contributed by atoms with E-state index in [0.29, 0.717) is 16.3 Å². The summed E-state index contributed by atoms with van der Waals surface area (Å²) in [5, 5.41) is 10.7. The molecule has 0 fully saturated rings. The summed E-state index contributed by atoms with van der Waals surface area (Å²) < 4.78 is 5.05. The molecule has 0 radical (unpaired) electrons. The van der Waals surface area contributed by atoms with Crippen LogP contribution in [0, 0.1) is 6.92 Å². The number of anilines is 1. The van der Waals surface area contributed by atoms with Crippen molar-refractivity contribution in [3.8, 4) is 5.75 Å². The lowest BCUT2D eigenvalue weighted by Crippen LogP contribution is -2.35. The average molecular weight is 305 g/mol. The molecule has 0 spiro atoms. The second-order valence-electron chi connectivity index (χ2n) is 4.47. The zero-order valence-electron chi connectivity index (χ0n) is 11.7. The highest BCUT2D eigenvalue weighted by Gasteiger charge is 2.22. The molecule has 1 amide bonds. The van der Waals surface area contributed by atoms with Gasteiger partial charge in [-0.3, -0.25) is 14.5 Å². The summed E-state index contributed by atoms with van der Waals surface area (Å²) in [6.07, 6.45) is 0. The van der Waals surface area contributed by atoms with Gasteiger partial charge in [-0.25, -0.2) is 0 Å². The summed E-state index contributed by atoms with van der Waals surface area (Å²) in [6, 6.07) is 8.76. The molecular formula is C15H15NO4S. The first kappa shape index (κ1) is 15.1. The van der Waals surface area contributed by atoms with Crippen molar-refractivity contribution < 1.29 is 19.4 Å². The monoisotopic (exact) mass is 305 g/mol. The molecule has 1 aromatic carbocycles. The van der Waals surface area contributed by atoms with Crippen molar-refractivity contribution in [2.45, 2.75) is 6.92 Å². The molecule has 0 aliphatic carbocycles. The lowest BCUT2D eigenvalue weighted by atomic mass is 10.2. The van der Waals surface area contributed by atoms with Gasteiger partial charge in [0.25, 0.3) is 5.91 Å². The number of aliphatic carboxylic acids is 1. The van der Waals surface area contributed by atoms with E-state index >= 15 is 0 Å². The minimum Gasteiger partial charge on any atom is -0.496 e. The molecule has 5 nitrogen and oxygen atoms in total. The van der Waals surface area contributed by atoms with Gasteiger partial charge in [-0.05, 0) is 19.1 Å². The summed E-state index contributed by atoms with van der Waals surface area (Å²) in [4.78, 5) is 25.2. The highest BCUT2D eigenvalue weighted by molar-refractivity contribution is 7.12. The predicted octanol–water partition coefficient (Wildman–Crippen LogP) is 2.80. The minimum absolute atomic E-state index is 0.352. The first-order valence-electron chi connectivity index (χ1n) is 6.24. The lowest BCUT2D eigenvalue weighted by molar-refractivity contribution is -0.135. The molecule has 0 aliphatic heterocycles. The standard InChI is InChI=1S/C15H15NO4S/c1-10-3-5-11(6-4-10)16(8-14(17)18)15(19)13-7-12(20-2)9-21-13/h3-7,9H,8H2,1-2H3,(H,17,18). The number of benzene rings is 1. The number of hydrogen-bond donors (Lipinski definition) is 1. The molecule has 2 aromatic rings. The third-order valence-corrected chi connectivity index (χ3v) is 3.80. The largest absolute Gasteiger partial charge is 0.496 e. The number of nitrogens with zero attached hydrogens (tertiary/aromatic N) is 1. The zero-order valence-corrected chi connectivity index (χ0v) is 12.5. The number of carbonyl (C=O) groups excluding carboxylic acids is 1. The van der Waals surface area contributed by atoms with Crippen LogP contribution in [0.1, 0.15) is 15.2 Å². The number of methoxy groups -OCH3 is 1. The van der Waals surface area contributed by atoms with Crippen LogP contribution in [0.25, 0.3) is 0 Å². The van der Waals surface area contributed by atoms with E-state index in [4.69, 9.17) is 9.84 Å². The third-order valence-electron chi connectivity index (χ3n) is 2.91. The second-order valence-corrected chi connectivity index (χ2v) is 5.38. The minimum atomic E-state index is -1.06. The van der Waals surface area contributed by atoms with Crippen LogP contribution >= 0.6 is 11.3 Å². The van der Waals surface area contributed by atoms with Gasteiger partial charge in [-0.15, -0.1) is 11.3 Å². The maximum absolute atomic E-state index is 12.5. The molecule has 21 heavy (non-hydrogen) atoms. The van der Waals surface area contributed by atoms with Crippen LogP contribution in [0.5, 0.6) is 5.75 Å². The van der Waals surface area contributed by atoms with Gasteiger partial charge in [-0.2, -0.15) is 0 Å². The van der Waals surface area contributed by atoms with E-state index in [0.717, 1.165) is 5.56 Å². The summed E-state index contributed by atoms with van der Waals surface area (Å²) in [5.41, 5.74) is 1.60. The molecule has 110 valence electrons. The smallest absolute Gasteiger partial charge is 0.323 e. The Hall–Kier alpha value is -2.34. The van der Waals surface area contributed by atoms with Crippen LogP contribution in [0.3, 0.4) is 0 Å². The van der Waals surface area contributed by atoms with Gasteiger partial charge in [0.15, 0.2) is 0 Å². The molecule has 1 N–H and O–H groups in total. The van der Waals surface area contributed by atoms with E-state index in [1.807, 2.05) is 19.1 Å². The molecule has 1 heterocycles. The van der Waals surface area contributed by atoms with E-state index in [-0.39, 0.29) is 12.5 Å². The lowest BCUT2D eigenvalue weighted by Gasteiger charge is -2.20. The molecule has 0 saturated heterocycles. The Kier molecular flexibility index (Phi) is 4.59. The maximum atomic E-state index is 12.5. The Bertz CT molecular complexity index is 648. The Morgan fingerprint density at radius 3 is 2.48 bits per heavy atom. The maximum Gasteiger partial charge on any atom is 0.323 e. The molecule has 0 unspecified atom stereocenters. The Morgan fingerprint density at radius 2 is 1.95 bits per heavy atom. The topological polar surface area (TPSA) is 66.8 Å². The van der Waals surface area contributed by atoms with Crippen molar-refractivity contribution in [2.75, 3.05) is 18.6 Å². The van der Waals surface area contributed by atoms with E-state index in [9.17, 15) is 9.59 Å². The van der Waals surface area contributed by atoms with Crippen molar-refractivity contribution in [1.82, 2.24) is 0 Å². The zero-order chi connectivity index (χ0) is 15.4. The van der Waals surface area contributed by atoms with Crippen molar-refractivity contribution in [1.29, 1.82) is 0 Å². The number of carboxylic acids is 1. The van der Waals surface area contributed by atoms with Gasteiger partial charge in [0.1, 0.15) is 12.3 Å². The molecule has 0 aliphatic rings. The fraction of sp³-hybridized carbons (Fsp3) is 0.200. The third kappa shape index (κ3) is 3.61. The van der Waals surface area contributed by atoms with E-state index in [1.165, 1.54) is 23.3 Å². The van der Waals surface area contributed by atoms with Crippen LogP contribution in [-0.4, -0.2) is 30.6 Å². The number of carbonyl (C=O) groups is 2. The summed E-state index contributed by atoms with van der Waals surface area (Å²) in [5.74, 6) is -0.829.